The molecular formula is C18H14N2. The number of hydrogen-bond acceptors (Lipinski definition) is 2. The highest BCUT2D eigenvalue weighted by molar-refractivity contribution is 5.87. The van der Waals surface area contributed by atoms with Crippen molar-refractivity contribution >= 4 is 16.3 Å². The Morgan fingerprint density at radius 1 is 1.00 bits per heavy atom. The first-order valence-electron chi connectivity index (χ1n) is 6.79. The molecule has 0 atom stereocenters. The van der Waals surface area contributed by atoms with Crippen molar-refractivity contribution in [2.24, 2.45) is 0 Å². The van der Waals surface area contributed by atoms with Crippen molar-refractivity contribution in [3.05, 3.63) is 84.5 Å². The topological polar surface area (TPSA) is 16.1 Å². The van der Waals surface area contributed by atoms with E-state index in [-0.39, 0.29) is 0 Å². The van der Waals surface area contributed by atoms with Gasteiger partial charge in [0.1, 0.15) is 0 Å². The minimum Gasteiger partial charge on any atom is -0.344 e. The highest BCUT2D eigenvalue weighted by Gasteiger charge is 2.16. The summed E-state index contributed by atoms with van der Waals surface area (Å²) < 4.78 is 0. The van der Waals surface area contributed by atoms with Crippen LogP contribution in [-0.2, 0) is 0 Å². The summed E-state index contributed by atoms with van der Waals surface area (Å²) in [6.45, 7) is 0.924. The highest BCUT2D eigenvalue weighted by atomic mass is 15.1. The third-order valence-corrected chi connectivity index (χ3v) is 3.71. The molecule has 0 radical (unpaired) electrons. The lowest BCUT2D eigenvalue weighted by Gasteiger charge is -2.27. The molecule has 0 spiro atoms. The van der Waals surface area contributed by atoms with Gasteiger partial charge in [0, 0.05) is 29.9 Å². The Morgan fingerprint density at radius 3 is 2.85 bits per heavy atom. The van der Waals surface area contributed by atoms with E-state index in [4.69, 9.17) is 0 Å². The molecule has 2 aliphatic rings. The van der Waals surface area contributed by atoms with Gasteiger partial charge in [0.15, 0.2) is 0 Å². The summed E-state index contributed by atoms with van der Waals surface area (Å²) in [4.78, 5) is 6.87. The van der Waals surface area contributed by atoms with Crippen LogP contribution in [0.5, 0.6) is 0 Å². The maximum atomic E-state index is 4.63. The van der Waals surface area contributed by atoms with Gasteiger partial charge in [-0.3, -0.25) is 4.98 Å². The van der Waals surface area contributed by atoms with Gasteiger partial charge >= 0.3 is 0 Å². The van der Waals surface area contributed by atoms with Crippen molar-refractivity contribution in [2.75, 3.05) is 6.54 Å². The molecule has 2 heteroatoms. The quantitative estimate of drug-likeness (QED) is 0.771. The van der Waals surface area contributed by atoms with Gasteiger partial charge in [-0.05, 0) is 23.6 Å². The van der Waals surface area contributed by atoms with E-state index in [0.29, 0.717) is 0 Å². The second-order valence-corrected chi connectivity index (χ2v) is 4.97. The van der Waals surface area contributed by atoms with Crippen molar-refractivity contribution in [3.63, 3.8) is 0 Å². The average molecular weight is 258 g/mol. The van der Waals surface area contributed by atoms with Gasteiger partial charge in [0.05, 0.1) is 11.4 Å². The maximum absolute atomic E-state index is 4.63. The molecule has 2 nitrogen and oxygen atoms in total. The van der Waals surface area contributed by atoms with Crippen molar-refractivity contribution in [1.29, 1.82) is 0 Å². The molecule has 0 saturated heterocycles. The summed E-state index contributed by atoms with van der Waals surface area (Å²) in [6.07, 6.45) is 14.7. The van der Waals surface area contributed by atoms with E-state index in [1.807, 2.05) is 12.3 Å². The lowest BCUT2D eigenvalue weighted by atomic mass is 10.0. The average Bonchev–Trinajstić information content (AvgIpc) is 2.54. The summed E-state index contributed by atoms with van der Waals surface area (Å²) in [7, 11) is 0. The fraction of sp³-hybridized carbons (Fsp3) is 0.0556. The third-order valence-electron chi connectivity index (χ3n) is 3.71. The first-order valence-corrected chi connectivity index (χ1v) is 6.79. The van der Waals surface area contributed by atoms with Gasteiger partial charge in [0.2, 0.25) is 0 Å². The molecule has 20 heavy (non-hydrogen) atoms. The summed E-state index contributed by atoms with van der Waals surface area (Å²) in [5.74, 6) is 0. The number of rotatable bonds is 1. The molecule has 1 aromatic carbocycles. The fourth-order valence-corrected chi connectivity index (χ4v) is 2.70. The Morgan fingerprint density at radius 2 is 1.90 bits per heavy atom. The van der Waals surface area contributed by atoms with Gasteiger partial charge in [-0.15, -0.1) is 0 Å². The van der Waals surface area contributed by atoms with Crippen molar-refractivity contribution in [3.8, 4) is 0 Å². The van der Waals surface area contributed by atoms with Crippen LogP contribution in [0.1, 0.15) is 5.69 Å². The predicted molar refractivity (Wildman–Crippen MR) is 82.8 cm³/mol. The molecule has 4 rings (SSSR count). The van der Waals surface area contributed by atoms with Crippen LogP contribution in [0.15, 0.2) is 78.8 Å². The van der Waals surface area contributed by atoms with Crippen LogP contribution in [-0.4, -0.2) is 16.4 Å². The van der Waals surface area contributed by atoms with E-state index < -0.39 is 0 Å². The Labute approximate surface area is 118 Å². The monoisotopic (exact) mass is 258 g/mol. The van der Waals surface area contributed by atoms with Gasteiger partial charge in [-0.1, -0.05) is 42.5 Å². The molecule has 1 aromatic heterocycles. The van der Waals surface area contributed by atoms with E-state index in [1.165, 1.54) is 22.0 Å². The number of pyridine rings is 1. The molecule has 0 unspecified atom stereocenters. The molecule has 3 heterocycles. The van der Waals surface area contributed by atoms with E-state index in [1.54, 1.807) is 0 Å². The van der Waals surface area contributed by atoms with Crippen LogP contribution >= 0.6 is 0 Å². The van der Waals surface area contributed by atoms with E-state index >= 15 is 0 Å². The van der Waals surface area contributed by atoms with Crippen molar-refractivity contribution in [2.45, 2.75) is 0 Å². The Balaban J connectivity index is 1.89. The Hall–Kier alpha value is -2.61. The highest BCUT2D eigenvalue weighted by Crippen LogP contribution is 2.29. The van der Waals surface area contributed by atoms with Gasteiger partial charge < -0.3 is 4.90 Å². The number of allylic oxidation sites excluding steroid dienone is 5. The van der Waals surface area contributed by atoms with Gasteiger partial charge in [-0.2, -0.15) is 0 Å². The zero-order valence-electron chi connectivity index (χ0n) is 11.0. The summed E-state index contributed by atoms with van der Waals surface area (Å²) >= 11 is 0. The first kappa shape index (κ1) is 11.2. The SMILES string of the molecule is C1=CC2=C(c3cc4ccccc4cn3)C=CCN2C=C1. The van der Waals surface area contributed by atoms with Crippen LogP contribution in [0.4, 0.5) is 0 Å². The second-order valence-electron chi connectivity index (χ2n) is 4.97. The largest absolute Gasteiger partial charge is 0.344 e. The standard InChI is InChI=1S/C18H14N2/c1-2-7-15-13-19-17(12-14(15)6-1)16-8-5-11-20-10-4-3-9-18(16)20/h1-10,12-13H,11H2. The summed E-state index contributed by atoms with van der Waals surface area (Å²) in [6, 6.07) is 10.5. The van der Waals surface area contributed by atoms with E-state index in [2.05, 4.69) is 70.7 Å². The zero-order chi connectivity index (χ0) is 13.4. The first-order chi connectivity index (χ1) is 9.92. The lowest BCUT2D eigenvalue weighted by Crippen LogP contribution is -2.21. The number of aromatic nitrogens is 1. The summed E-state index contributed by atoms with van der Waals surface area (Å²) in [5, 5.41) is 2.41. The molecule has 2 aliphatic heterocycles. The van der Waals surface area contributed by atoms with Gasteiger partial charge in [0.25, 0.3) is 0 Å². The van der Waals surface area contributed by atoms with Crippen LogP contribution in [0.3, 0.4) is 0 Å². The molecule has 0 N–H and O–H groups in total. The van der Waals surface area contributed by atoms with Gasteiger partial charge in [-0.25, -0.2) is 0 Å². The fourth-order valence-electron chi connectivity index (χ4n) is 2.70. The van der Waals surface area contributed by atoms with Crippen LogP contribution in [0, 0.1) is 0 Å². The summed E-state index contributed by atoms with van der Waals surface area (Å²) in [5.41, 5.74) is 3.43. The number of benzene rings is 1. The molecule has 0 fully saturated rings. The minimum absolute atomic E-state index is 0.924. The number of hydrogen-bond donors (Lipinski definition) is 0. The molecule has 96 valence electrons. The minimum atomic E-state index is 0.924. The lowest BCUT2D eigenvalue weighted by molar-refractivity contribution is 0.526. The van der Waals surface area contributed by atoms with Crippen molar-refractivity contribution < 1.29 is 0 Å². The maximum Gasteiger partial charge on any atom is 0.0729 e. The third kappa shape index (κ3) is 1.77. The Bertz CT molecular complexity index is 794. The molecule has 0 aliphatic carbocycles. The molecule has 2 aromatic rings. The molecule has 0 amide bonds. The van der Waals surface area contributed by atoms with Crippen LogP contribution in [0.2, 0.25) is 0 Å². The zero-order valence-corrected chi connectivity index (χ0v) is 11.0. The smallest absolute Gasteiger partial charge is 0.0729 e. The molecular weight excluding hydrogens is 244 g/mol. The molecule has 0 bridgehead atoms. The van der Waals surface area contributed by atoms with E-state index in [9.17, 15) is 0 Å². The normalized spacial score (nSPS) is 16.9. The van der Waals surface area contributed by atoms with E-state index in [0.717, 1.165) is 12.2 Å². The predicted octanol–water partition coefficient (Wildman–Crippen LogP) is 3.90. The van der Waals surface area contributed by atoms with Crippen LogP contribution < -0.4 is 0 Å². The molecule has 0 saturated carbocycles. The van der Waals surface area contributed by atoms with Crippen molar-refractivity contribution in [1.82, 2.24) is 9.88 Å². The van der Waals surface area contributed by atoms with Crippen LogP contribution in [0.25, 0.3) is 16.3 Å². The second kappa shape index (κ2) is 4.49. The number of fused-ring (bicyclic) bond motifs is 2. The Kier molecular flexibility index (Phi) is 2.52. The number of nitrogens with zero attached hydrogens (tertiary/aromatic N) is 2.